The molecular formula is C11H11F3N2O4S. The SMILES string of the molecule is CSc1ccc([N+](=O)[O-])c(C(=O)NCC(O)C(F)(F)F)c1. The van der Waals surface area contributed by atoms with Gasteiger partial charge in [0.15, 0.2) is 6.10 Å². The van der Waals surface area contributed by atoms with Gasteiger partial charge in [0.25, 0.3) is 11.6 Å². The van der Waals surface area contributed by atoms with Crippen molar-refractivity contribution in [3.63, 3.8) is 0 Å². The molecule has 1 unspecified atom stereocenters. The second-order valence-electron chi connectivity index (χ2n) is 3.91. The van der Waals surface area contributed by atoms with Crippen LogP contribution in [0.25, 0.3) is 0 Å². The number of nitrogens with zero attached hydrogens (tertiary/aromatic N) is 1. The Hall–Kier alpha value is -1.81. The molecule has 10 heteroatoms. The zero-order valence-electron chi connectivity index (χ0n) is 10.7. The number of carbonyl (C=O) groups is 1. The van der Waals surface area contributed by atoms with Crippen molar-refractivity contribution in [2.75, 3.05) is 12.8 Å². The number of nitrogens with one attached hydrogen (secondary N) is 1. The molecule has 0 fully saturated rings. The summed E-state index contributed by atoms with van der Waals surface area (Å²) in [6.45, 7) is -1.08. The molecule has 6 nitrogen and oxygen atoms in total. The number of hydrogen-bond donors (Lipinski definition) is 2. The highest BCUT2D eigenvalue weighted by Gasteiger charge is 2.38. The van der Waals surface area contributed by atoms with Gasteiger partial charge in [-0.05, 0) is 18.4 Å². The van der Waals surface area contributed by atoms with Crippen LogP contribution in [-0.4, -0.2) is 41.0 Å². The maximum atomic E-state index is 12.1. The van der Waals surface area contributed by atoms with Crippen LogP contribution in [0.2, 0.25) is 0 Å². The molecule has 0 bridgehead atoms. The van der Waals surface area contributed by atoms with Gasteiger partial charge >= 0.3 is 6.18 Å². The van der Waals surface area contributed by atoms with E-state index in [0.717, 1.165) is 6.07 Å². The highest BCUT2D eigenvalue weighted by Crippen LogP contribution is 2.25. The minimum absolute atomic E-state index is 0.360. The smallest absolute Gasteiger partial charge is 0.382 e. The van der Waals surface area contributed by atoms with E-state index in [0.29, 0.717) is 4.90 Å². The van der Waals surface area contributed by atoms with E-state index in [1.165, 1.54) is 23.9 Å². The highest BCUT2D eigenvalue weighted by molar-refractivity contribution is 7.98. The number of halogens is 3. The van der Waals surface area contributed by atoms with Crippen molar-refractivity contribution in [2.24, 2.45) is 0 Å². The van der Waals surface area contributed by atoms with E-state index < -0.39 is 35.3 Å². The standard InChI is InChI=1S/C11H11F3N2O4S/c1-21-6-2-3-8(16(19)20)7(4-6)10(18)15-5-9(17)11(12,13)14/h2-4,9,17H,5H2,1H3,(H,15,18). The number of benzene rings is 1. The van der Waals surface area contributed by atoms with Gasteiger partial charge in [0.1, 0.15) is 5.56 Å². The molecule has 0 aliphatic heterocycles. The van der Waals surface area contributed by atoms with Crippen LogP contribution in [0.5, 0.6) is 0 Å². The van der Waals surface area contributed by atoms with Crippen LogP contribution in [-0.2, 0) is 0 Å². The lowest BCUT2D eigenvalue weighted by Gasteiger charge is -2.15. The number of nitro benzene ring substituents is 1. The van der Waals surface area contributed by atoms with Crippen LogP contribution in [0.3, 0.4) is 0 Å². The molecule has 0 spiro atoms. The van der Waals surface area contributed by atoms with Gasteiger partial charge in [-0.3, -0.25) is 14.9 Å². The first-order valence-electron chi connectivity index (χ1n) is 5.52. The maximum absolute atomic E-state index is 12.1. The van der Waals surface area contributed by atoms with Crippen molar-refractivity contribution in [1.29, 1.82) is 0 Å². The highest BCUT2D eigenvalue weighted by atomic mass is 32.2. The van der Waals surface area contributed by atoms with Gasteiger partial charge in [-0.15, -0.1) is 11.8 Å². The fourth-order valence-electron chi connectivity index (χ4n) is 1.38. The van der Waals surface area contributed by atoms with Crippen LogP contribution >= 0.6 is 11.8 Å². The Labute approximate surface area is 121 Å². The minimum Gasteiger partial charge on any atom is -0.382 e. The van der Waals surface area contributed by atoms with Crippen molar-refractivity contribution in [2.45, 2.75) is 17.2 Å². The summed E-state index contributed by atoms with van der Waals surface area (Å²) in [5.41, 5.74) is -0.881. The molecule has 21 heavy (non-hydrogen) atoms. The Morgan fingerprint density at radius 3 is 2.62 bits per heavy atom. The Bertz CT molecular complexity index is 551. The number of carbonyl (C=O) groups excluding carboxylic acids is 1. The monoisotopic (exact) mass is 324 g/mol. The molecule has 0 saturated carbocycles. The third-order valence-corrected chi connectivity index (χ3v) is 3.20. The number of hydrogen-bond acceptors (Lipinski definition) is 5. The van der Waals surface area contributed by atoms with E-state index in [1.54, 1.807) is 6.26 Å². The second kappa shape index (κ2) is 6.76. The number of aliphatic hydroxyl groups excluding tert-OH is 1. The maximum Gasteiger partial charge on any atom is 0.416 e. The van der Waals surface area contributed by atoms with Crippen molar-refractivity contribution in [3.8, 4) is 0 Å². The molecule has 0 heterocycles. The van der Waals surface area contributed by atoms with Crippen molar-refractivity contribution in [3.05, 3.63) is 33.9 Å². The zero-order chi connectivity index (χ0) is 16.2. The van der Waals surface area contributed by atoms with Gasteiger partial charge in [-0.25, -0.2) is 0 Å². The first-order valence-corrected chi connectivity index (χ1v) is 6.74. The van der Waals surface area contributed by atoms with Gasteiger partial charge in [-0.1, -0.05) is 0 Å². The third-order valence-electron chi connectivity index (χ3n) is 2.48. The van der Waals surface area contributed by atoms with Crippen LogP contribution in [0.1, 0.15) is 10.4 Å². The topological polar surface area (TPSA) is 92.5 Å². The minimum atomic E-state index is -4.87. The fraction of sp³-hybridized carbons (Fsp3) is 0.364. The summed E-state index contributed by atoms with van der Waals surface area (Å²) < 4.78 is 36.3. The largest absolute Gasteiger partial charge is 0.416 e. The molecule has 1 atom stereocenters. The molecule has 1 aromatic carbocycles. The summed E-state index contributed by atoms with van der Waals surface area (Å²) in [5, 5.41) is 21.4. The van der Waals surface area contributed by atoms with E-state index in [9.17, 15) is 28.1 Å². The molecule has 0 radical (unpaired) electrons. The predicted octanol–water partition coefficient (Wildman–Crippen LogP) is 1.97. The number of thioether (sulfide) groups is 1. The van der Waals surface area contributed by atoms with Gasteiger partial charge in [0, 0.05) is 11.0 Å². The lowest BCUT2D eigenvalue weighted by molar-refractivity contribution is -0.385. The summed E-state index contributed by atoms with van der Waals surface area (Å²) >= 11 is 1.22. The van der Waals surface area contributed by atoms with Gasteiger partial charge in [-0.2, -0.15) is 13.2 Å². The van der Waals surface area contributed by atoms with Crippen molar-refractivity contribution in [1.82, 2.24) is 5.32 Å². The Kier molecular flexibility index (Phi) is 5.55. The van der Waals surface area contributed by atoms with E-state index >= 15 is 0 Å². The van der Waals surface area contributed by atoms with E-state index in [-0.39, 0.29) is 5.56 Å². The third kappa shape index (κ3) is 4.60. The zero-order valence-corrected chi connectivity index (χ0v) is 11.5. The Morgan fingerprint density at radius 2 is 2.14 bits per heavy atom. The predicted molar refractivity (Wildman–Crippen MR) is 69.3 cm³/mol. The average molecular weight is 324 g/mol. The molecule has 116 valence electrons. The quantitative estimate of drug-likeness (QED) is 0.491. The molecule has 2 N–H and O–H groups in total. The number of aliphatic hydroxyl groups is 1. The van der Waals surface area contributed by atoms with Gasteiger partial charge < -0.3 is 10.4 Å². The van der Waals surface area contributed by atoms with Gasteiger partial charge in [0.05, 0.1) is 11.5 Å². The number of alkyl halides is 3. The summed E-state index contributed by atoms with van der Waals surface area (Å²) in [4.78, 5) is 22.3. The first-order chi connectivity index (χ1) is 9.66. The molecule has 0 aliphatic rings. The van der Waals surface area contributed by atoms with Crippen LogP contribution < -0.4 is 5.32 Å². The number of amides is 1. The van der Waals surface area contributed by atoms with Crippen LogP contribution in [0, 0.1) is 10.1 Å². The normalized spacial score (nSPS) is 12.8. The fourth-order valence-corrected chi connectivity index (χ4v) is 1.82. The number of rotatable bonds is 5. The average Bonchev–Trinajstić information content (AvgIpc) is 2.42. The lowest BCUT2D eigenvalue weighted by Crippen LogP contribution is -2.40. The van der Waals surface area contributed by atoms with Crippen molar-refractivity contribution < 1.29 is 28.0 Å². The van der Waals surface area contributed by atoms with E-state index in [2.05, 4.69) is 0 Å². The molecule has 0 saturated heterocycles. The van der Waals surface area contributed by atoms with Crippen molar-refractivity contribution >= 4 is 23.4 Å². The Balaban J connectivity index is 2.93. The summed E-state index contributed by atoms with van der Waals surface area (Å²) in [7, 11) is 0. The second-order valence-corrected chi connectivity index (χ2v) is 4.79. The molecule has 1 aromatic rings. The van der Waals surface area contributed by atoms with E-state index in [1.807, 2.05) is 5.32 Å². The van der Waals surface area contributed by atoms with Gasteiger partial charge in [0.2, 0.25) is 0 Å². The number of nitro groups is 1. The molecule has 0 aromatic heterocycles. The summed E-state index contributed by atoms with van der Waals surface area (Å²) in [5.74, 6) is -1.05. The summed E-state index contributed by atoms with van der Waals surface area (Å²) in [6.07, 6.45) is -5.93. The molecule has 0 aliphatic carbocycles. The lowest BCUT2D eigenvalue weighted by atomic mass is 10.1. The molecule has 1 amide bonds. The first kappa shape index (κ1) is 17.2. The van der Waals surface area contributed by atoms with Crippen LogP contribution in [0.4, 0.5) is 18.9 Å². The summed E-state index contributed by atoms with van der Waals surface area (Å²) in [6, 6.07) is 3.73. The van der Waals surface area contributed by atoms with Crippen LogP contribution in [0.15, 0.2) is 23.1 Å². The van der Waals surface area contributed by atoms with E-state index in [4.69, 9.17) is 5.11 Å². The molecule has 1 rings (SSSR count). The Morgan fingerprint density at radius 1 is 1.52 bits per heavy atom. The molecular weight excluding hydrogens is 313 g/mol.